The van der Waals surface area contributed by atoms with Gasteiger partial charge in [-0.2, -0.15) is 0 Å². The van der Waals surface area contributed by atoms with E-state index in [1.54, 1.807) is 30.5 Å². The molecule has 2 heterocycles. The molecule has 0 fully saturated rings. The lowest BCUT2D eigenvalue weighted by Gasteiger charge is -2.08. The van der Waals surface area contributed by atoms with E-state index < -0.39 is 17.7 Å². The van der Waals surface area contributed by atoms with Gasteiger partial charge in [-0.05, 0) is 36.8 Å². The zero-order valence-electron chi connectivity index (χ0n) is 16.6. The Labute approximate surface area is 182 Å². The molecule has 5 nitrogen and oxygen atoms in total. The third kappa shape index (κ3) is 4.27. The number of esters is 1. The van der Waals surface area contributed by atoms with Crippen LogP contribution in [0, 0.1) is 5.82 Å². The summed E-state index contributed by atoms with van der Waals surface area (Å²) >= 11 is 1.22. The highest BCUT2D eigenvalue weighted by Gasteiger charge is 2.24. The highest BCUT2D eigenvalue weighted by molar-refractivity contribution is 7.15. The number of carbonyl (C=O) groups excluding carboxylic acids is 2. The fourth-order valence-corrected chi connectivity index (χ4v) is 4.07. The number of rotatable bonds is 6. The summed E-state index contributed by atoms with van der Waals surface area (Å²) in [5.41, 5.74) is 2.05. The lowest BCUT2D eigenvalue weighted by Crippen LogP contribution is -2.14. The number of ether oxygens (including phenoxy) is 1. The number of anilines is 1. The topological polar surface area (TPSA) is 68.5 Å². The smallest absolute Gasteiger partial charge is 0.341 e. The van der Waals surface area contributed by atoms with E-state index in [2.05, 4.69) is 5.32 Å². The molecule has 0 unspecified atom stereocenters. The molecule has 4 rings (SSSR count). The van der Waals surface area contributed by atoms with Gasteiger partial charge in [0.2, 0.25) is 0 Å². The number of benzene rings is 2. The molecule has 0 bridgehead atoms. The average molecular weight is 435 g/mol. The first kappa shape index (κ1) is 20.6. The summed E-state index contributed by atoms with van der Waals surface area (Å²) in [6.07, 6.45) is 0. The standard InChI is InChI=1S/C24H18FNO4S/c1-2-29-24(28)21-17(15-8-4-3-5-9-15)14-31-23(21)26-22(27)20-13-12-19(30-20)16-10-6-7-11-18(16)25/h3-14H,2H2,1H3,(H,26,27). The van der Waals surface area contributed by atoms with Crippen molar-refractivity contribution >= 4 is 28.2 Å². The van der Waals surface area contributed by atoms with Gasteiger partial charge in [0, 0.05) is 10.9 Å². The van der Waals surface area contributed by atoms with Crippen molar-refractivity contribution in [3.05, 3.63) is 89.3 Å². The lowest BCUT2D eigenvalue weighted by molar-refractivity contribution is 0.0529. The Kier molecular flexibility index (Phi) is 5.95. The number of furan rings is 1. The van der Waals surface area contributed by atoms with Crippen molar-refractivity contribution < 1.29 is 23.1 Å². The second kappa shape index (κ2) is 8.97. The molecule has 2 aromatic carbocycles. The van der Waals surface area contributed by atoms with Crippen LogP contribution >= 0.6 is 11.3 Å². The number of halogens is 1. The Morgan fingerprint density at radius 1 is 1.00 bits per heavy atom. The van der Waals surface area contributed by atoms with E-state index in [-0.39, 0.29) is 29.3 Å². The number of hydrogen-bond acceptors (Lipinski definition) is 5. The van der Waals surface area contributed by atoms with Gasteiger partial charge in [-0.15, -0.1) is 11.3 Å². The Morgan fingerprint density at radius 2 is 1.74 bits per heavy atom. The normalized spacial score (nSPS) is 10.6. The van der Waals surface area contributed by atoms with Crippen LogP contribution in [0.3, 0.4) is 0 Å². The molecule has 0 aliphatic carbocycles. The summed E-state index contributed by atoms with van der Waals surface area (Å²) in [5.74, 6) is -1.27. The molecule has 4 aromatic rings. The molecule has 7 heteroatoms. The van der Waals surface area contributed by atoms with Crippen LogP contribution in [0.4, 0.5) is 9.39 Å². The maximum atomic E-state index is 14.0. The van der Waals surface area contributed by atoms with Crippen LogP contribution in [0.5, 0.6) is 0 Å². The largest absolute Gasteiger partial charge is 0.462 e. The molecule has 1 amide bonds. The van der Waals surface area contributed by atoms with Crippen LogP contribution in [0.1, 0.15) is 27.8 Å². The van der Waals surface area contributed by atoms with Gasteiger partial charge in [0.25, 0.3) is 5.91 Å². The maximum absolute atomic E-state index is 14.0. The summed E-state index contributed by atoms with van der Waals surface area (Å²) in [4.78, 5) is 25.4. The number of carbonyl (C=O) groups is 2. The minimum atomic E-state index is -0.547. The molecule has 0 saturated carbocycles. The summed E-state index contributed by atoms with van der Waals surface area (Å²) in [6.45, 7) is 1.93. The van der Waals surface area contributed by atoms with Crippen molar-refractivity contribution in [3.8, 4) is 22.5 Å². The molecule has 156 valence electrons. The van der Waals surface area contributed by atoms with Crippen LogP contribution in [0.15, 0.2) is 76.5 Å². The Hall–Kier alpha value is -3.71. The predicted molar refractivity (Wildman–Crippen MR) is 118 cm³/mol. The molecular formula is C24H18FNO4S. The number of nitrogens with one attached hydrogen (secondary N) is 1. The highest BCUT2D eigenvalue weighted by atomic mass is 32.1. The molecule has 1 N–H and O–H groups in total. The van der Waals surface area contributed by atoms with E-state index in [4.69, 9.17) is 9.15 Å². The van der Waals surface area contributed by atoms with Gasteiger partial charge in [0.1, 0.15) is 22.1 Å². The first-order valence-electron chi connectivity index (χ1n) is 9.58. The van der Waals surface area contributed by atoms with E-state index in [1.807, 2.05) is 30.3 Å². The van der Waals surface area contributed by atoms with Gasteiger partial charge in [-0.3, -0.25) is 4.79 Å². The molecule has 0 aliphatic heterocycles. The van der Waals surface area contributed by atoms with Gasteiger partial charge in [0.15, 0.2) is 5.76 Å². The van der Waals surface area contributed by atoms with Gasteiger partial charge in [0.05, 0.1) is 12.2 Å². The monoisotopic (exact) mass is 435 g/mol. The number of thiophene rings is 1. The predicted octanol–water partition coefficient (Wildman–Crippen LogP) is 6.24. The molecule has 2 aromatic heterocycles. The van der Waals surface area contributed by atoms with Crippen LogP contribution in [-0.4, -0.2) is 18.5 Å². The van der Waals surface area contributed by atoms with Gasteiger partial charge < -0.3 is 14.5 Å². The molecular weight excluding hydrogens is 417 g/mol. The van der Waals surface area contributed by atoms with Gasteiger partial charge >= 0.3 is 5.97 Å². The Bertz CT molecular complexity index is 1230. The van der Waals surface area contributed by atoms with Crippen LogP contribution in [0.2, 0.25) is 0 Å². The van der Waals surface area contributed by atoms with Crippen LogP contribution < -0.4 is 5.32 Å². The first-order chi connectivity index (χ1) is 15.1. The third-order valence-electron chi connectivity index (χ3n) is 4.55. The molecule has 31 heavy (non-hydrogen) atoms. The van der Waals surface area contributed by atoms with E-state index in [0.717, 1.165) is 5.56 Å². The minimum absolute atomic E-state index is 0.00252. The third-order valence-corrected chi connectivity index (χ3v) is 5.45. The first-order valence-corrected chi connectivity index (χ1v) is 10.5. The SMILES string of the molecule is CCOC(=O)c1c(-c2ccccc2)csc1NC(=O)c1ccc(-c2ccccc2F)o1. The summed E-state index contributed by atoms with van der Waals surface area (Å²) < 4.78 is 24.8. The van der Waals surface area contributed by atoms with E-state index >= 15 is 0 Å². The quantitative estimate of drug-likeness (QED) is 0.364. The van der Waals surface area contributed by atoms with E-state index in [9.17, 15) is 14.0 Å². The van der Waals surface area contributed by atoms with Crippen molar-refractivity contribution in [2.75, 3.05) is 11.9 Å². The second-order valence-electron chi connectivity index (χ2n) is 6.54. The molecule has 0 saturated heterocycles. The van der Waals surface area contributed by atoms with Crippen molar-refractivity contribution in [2.45, 2.75) is 6.92 Å². The summed E-state index contributed by atoms with van der Waals surface area (Å²) in [5, 5.41) is 4.88. The Morgan fingerprint density at radius 3 is 2.48 bits per heavy atom. The average Bonchev–Trinajstić information content (AvgIpc) is 3.42. The zero-order chi connectivity index (χ0) is 21.8. The summed E-state index contributed by atoms with van der Waals surface area (Å²) in [7, 11) is 0. The molecule has 0 spiro atoms. The fraction of sp³-hybridized carbons (Fsp3) is 0.0833. The van der Waals surface area contributed by atoms with Crippen molar-refractivity contribution in [1.82, 2.24) is 0 Å². The number of hydrogen-bond donors (Lipinski definition) is 1. The van der Waals surface area contributed by atoms with E-state index in [0.29, 0.717) is 10.6 Å². The van der Waals surface area contributed by atoms with Crippen molar-refractivity contribution in [3.63, 3.8) is 0 Å². The fourth-order valence-electron chi connectivity index (χ4n) is 3.12. The second-order valence-corrected chi connectivity index (χ2v) is 7.42. The maximum Gasteiger partial charge on any atom is 0.341 e. The van der Waals surface area contributed by atoms with Crippen molar-refractivity contribution in [1.29, 1.82) is 0 Å². The lowest BCUT2D eigenvalue weighted by atomic mass is 10.0. The van der Waals surface area contributed by atoms with Gasteiger partial charge in [-0.1, -0.05) is 42.5 Å². The van der Waals surface area contributed by atoms with E-state index in [1.165, 1.54) is 29.5 Å². The highest BCUT2D eigenvalue weighted by Crippen LogP contribution is 2.36. The molecule has 0 atom stereocenters. The zero-order valence-corrected chi connectivity index (χ0v) is 17.4. The Balaban J connectivity index is 1.64. The molecule has 0 aliphatic rings. The van der Waals surface area contributed by atoms with Crippen LogP contribution in [-0.2, 0) is 4.74 Å². The van der Waals surface area contributed by atoms with Gasteiger partial charge in [-0.25, -0.2) is 9.18 Å². The number of amides is 1. The summed E-state index contributed by atoms with van der Waals surface area (Å²) in [6, 6.07) is 18.5. The molecule has 0 radical (unpaired) electrons. The van der Waals surface area contributed by atoms with Crippen molar-refractivity contribution in [2.24, 2.45) is 0 Å². The minimum Gasteiger partial charge on any atom is -0.462 e. The van der Waals surface area contributed by atoms with Crippen LogP contribution in [0.25, 0.3) is 22.5 Å².